The lowest BCUT2D eigenvalue weighted by atomic mass is 9.98. The quantitative estimate of drug-likeness (QED) is 0.836. The molecule has 0 bridgehead atoms. The van der Waals surface area contributed by atoms with Crippen molar-refractivity contribution in [2.45, 2.75) is 6.04 Å². The number of hydrogen-bond donors (Lipinski definition) is 1. The van der Waals surface area contributed by atoms with E-state index in [1.165, 1.54) is 5.56 Å². The Kier molecular flexibility index (Phi) is 5.02. The third-order valence-corrected chi connectivity index (χ3v) is 4.02. The van der Waals surface area contributed by atoms with Crippen LogP contribution >= 0.6 is 31.9 Å². The number of methoxy groups -OCH3 is 1. The highest BCUT2D eigenvalue weighted by Crippen LogP contribution is 2.32. The van der Waals surface area contributed by atoms with Crippen molar-refractivity contribution < 1.29 is 4.74 Å². The molecule has 0 radical (unpaired) electrons. The maximum atomic E-state index is 5.47. The van der Waals surface area contributed by atoms with E-state index >= 15 is 0 Å². The Morgan fingerprint density at radius 3 is 2.21 bits per heavy atom. The van der Waals surface area contributed by atoms with Crippen LogP contribution in [0.1, 0.15) is 17.2 Å². The lowest BCUT2D eigenvalue weighted by molar-refractivity contribution is 0.405. The van der Waals surface area contributed by atoms with Crippen LogP contribution < -0.4 is 10.1 Å². The summed E-state index contributed by atoms with van der Waals surface area (Å²) in [5.41, 5.74) is 2.32. The highest BCUT2D eigenvalue weighted by atomic mass is 79.9. The Labute approximate surface area is 130 Å². The molecule has 2 aromatic carbocycles. The highest BCUT2D eigenvalue weighted by molar-refractivity contribution is 9.10. The maximum absolute atomic E-state index is 5.47. The molecule has 0 saturated carbocycles. The molecule has 0 amide bonds. The van der Waals surface area contributed by atoms with E-state index in [2.05, 4.69) is 55.4 Å². The van der Waals surface area contributed by atoms with E-state index in [4.69, 9.17) is 4.74 Å². The summed E-state index contributed by atoms with van der Waals surface area (Å²) in [6.45, 7) is 0. The Hall–Kier alpha value is -0.840. The predicted octanol–water partition coefficient (Wildman–Crippen LogP) is 4.53. The number of nitrogens with one attached hydrogen (secondary N) is 1. The fraction of sp³-hybridized carbons (Fsp3) is 0.200. The fourth-order valence-electron chi connectivity index (χ4n) is 2.08. The first-order valence-electron chi connectivity index (χ1n) is 5.92. The first kappa shape index (κ1) is 14.6. The molecule has 0 aliphatic heterocycles. The van der Waals surface area contributed by atoms with Crippen LogP contribution in [0.5, 0.6) is 5.75 Å². The first-order valence-corrected chi connectivity index (χ1v) is 7.50. The lowest BCUT2D eigenvalue weighted by Crippen LogP contribution is -2.18. The topological polar surface area (TPSA) is 21.3 Å². The van der Waals surface area contributed by atoms with Gasteiger partial charge in [-0.05, 0) is 36.9 Å². The summed E-state index contributed by atoms with van der Waals surface area (Å²) in [7, 11) is 3.65. The summed E-state index contributed by atoms with van der Waals surface area (Å²) in [5.74, 6) is 0.872. The zero-order valence-electron chi connectivity index (χ0n) is 10.8. The van der Waals surface area contributed by atoms with E-state index in [0.29, 0.717) is 0 Å². The van der Waals surface area contributed by atoms with Crippen molar-refractivity contribution in [3.8, 4) is 5.75 Å². The van der Waals surface area contributed by atoms with Gasteiger partial charge in [0.05, 0.1) is 13.2 Å². The molecule has 4 heteroatoms. The minimum absolute atomic E-state index is 0.108. The molecular weight excluding hydrogens is 370 g/mol. The number of hydrogen-bond acceptors (Lipinski definition) is 2. The summed E-state index contributed by atoms with van der Waals surface area (Å²) in [6.07, 6.45) is 0. The largest absolute Gasteiger partial charge is 0.496 e. The summed E-state index contributed by atoms with van der Waals surface area (Å²) in [6, 6.07) is 14.5. The van der Waals surface area contributed by atoms with Crippen LogP contribution in [0.2, 0.25) is 0 Å². The van der Waals surface area contributed by atoms with Crippen LogP contribution in [0.3, 0.4) is 0 Å². The monoisotopic (exact) mass is 383 g/mol. The summed E-state index contributed by atoms with van der Waals surface area (Å²) in [4.78, 5) is 0. The molecule has 0 fully saturated rings. The van der Waals surface area contributed by atoms with Crippen LogP contribution in [-0.2, 0) is 0 Å². The second kappa shape index (κ2) is 6.55. The van der Waals surface area contributed by atoms with Crippen LogP contribution in [0.25, 0.3) is 0 Å². The number of rotatable bonds is 4. The molecule has 1 atom stereocenters. The normalized spacial score (nSPS) is 12.2. The average molecular weight is 385 g/mol. The van der Waals surface area contributed by atoms with Crippen molar-refractivity contribution in [3.05, 3.63) is 62.5 Å². The van der Waals surface area contributed by atoms with Gasteiger partial charge in [0.2, 0.25) is 0 Å². The number of halogens is 2. The Morgan fingerprint density at radius 2 is 1.63 bits per heavy atom. The van der Waals surface area contributed by atoms with Gasteiger partial charge in [0.15, 0.2) is 0 Å². The van der Waals surface area contributed by atoms with E-state index in [1.54, 1.807) is 7.11 Å². The van der Waals surface area contributed by atoms with Crippen molar-refractivity contribution in [1.82, 2.24) is 5.32 Å². The number of ether oxygens (including phenoxy) is 1. The minimum atomic E-state index is 0.108. The van der Waals surface area contributed by atoms with Crippen molar-refractivity contribution in [2.24, 2.45) is 0 Å². The molecule has 0 aliphatic rings. The van der Waals surface area contributed by atoms with Gasteiger partial charge in [-0.25, -0.2) is 0 Å². The second-order valence-electron chi connectivity index (χ2n) is 4.16. The van der Waals surface area contributed by atoms with Crippen LogP contribution in [0, 0.1) is 0 Å². The van der Waals surface area contributed by atoms with Gasteiger partial charge in [-0.3, -0.25) is 0 Å². The molecule has 2 rings (SSSR count). The van der Waals surface area contributed by atoms with E-state index in [-0.39, 0.29) is 6.04 Å². The third-order valence-electron chi connectivity index (χ3n) is 3.00. The molecular formula is C15H15Br2NO. The van der Waals surface area contributed by atoms with Crippen LogP contribution in [-0.4, -0.2) is 14.2 Å². The zero-order valence-corrected chi connectivity index (χ0v) is 14.0. The van der Waals surface area contributed by atoms with Crippen molar-refractivity contribution in [2.75, 3.05) is 14.2 Å². The zero-order chi connectivity index (χ0) is 13.8. The Balaban J connectivity index is 2.44. The SMILES string of the molecule is CNC(c1ccc(Br)cc1)c1ccc(Br)cc1OC. The summed E-state index contributed by atoms with van der Waals surface area (Å²) < 4.78 is 7.57. The van der Waals surface area contributed by atoms with Gasteiger partial charge in [0.25, 0.3) is 0 Å². The van der Waals surface area contributed by atoms with Gasteiger partial charge in [0.1, 0.15) is 5.75 Å². The average Bonchev–Trinajstić information content (AvgIpc) is 2.43. The Morgan fingerprint density at radius 1 is 1.00 bits per heavy atom. The Bertz CT molecular complexity index is 555. The van der Waals surface area contributed by atoms with Gasteiger partial charge in [-0.1, -0.05) is 50.1 Å². The molecule has 0 aromatic heterocycles. The molecule has 19 heavy (non-hydrogen) atoms. The van der Waals surface area contributed by atoms with Gasteiger partial charge >= 0.3 is 0 Å². The van der Waals surface area contributed by atoms with Crippen molar-refractivity contribution in [1.29, 1.82) is 0 Å². The minimum Gasteiger partial charge on any atom is -0.496 e. The molecule has 0 heterocycles. The van der Waals surface area contributed by atoms with Gasteiger partial charge < -0.3 is 10.1 Å². The number of benzene rings is 2. The maximum Gasteiger partial charge on any atom is 0.125 e. The standard InChI is InChI=1S/C15H15Br2NO/c1-18-15(10-3-5-11(16)6-4-10)13-8-7-12(17)9-14(13)19-2/h3-9,15,18H,1-2H3. The molecule has 1 N–H and O–H groups in total. The summed E-state index contributed by atoms with van der Waals surface area (Å²) >= 11 is 6.93. The smallest absolute Gasteiger partial charge is 0.125 e. The lowest BCUT2D eigenvalue weighted by Gasteiger charge is -2.20. The van der Waals surface area contributed by atoms with E-state index < -0.39 is 0 Å². The van der Waals surface area contributed by atoms with Gasteiger partial charge in [-0.2, -0.15) is 0 Å². The molecule has 0 aliphatic carbocycles. The van der Waals surface area contributed by atoms with Crippen LogP contribution in [0.4, 0.5) is 0 Å². The predicted molar refractivity (Wildman–Crippen MR) is 85.7 cm³/mol. The van der Waals surface area contributed by atoms with Gasteiger partial charge in [0, 0.05) is 14.5 Å². The summed E-state index contributed by atoms with van der Waals surface area (Å²) in [5, 5.41) is 3.34. The fourth-order valence-corrected chi connectivity index (χ4v) is 2.68. The van der Waals surface area contributed by atoms with E-state index in [9.17, 15) is 0 Å². The molecule has 0 spiro atoms. The third kappa shape index (κ3) is 3.38. The molecule has 2 nitrogen and oxygen atoms in total. The molecule has 100 valence electrons. The highest BCUT2D eigenvalue weighted by Gasteiger charge is 2.16. The first-order chi connectivity index (χ1) is 9.15. The molecule has 1 unspecified atom stereocenters. The molecule has 2 aromatic rings. The second-order valence-corrected chi connectivity index (χ2v) is 5.99. The van der Waals surface area contributed by atoms with E-state index in [1.807, 2.05) is 31.3 Å². The van der Waals surface area contributed by atoms with Crippen LogP contribution in [0.15, 0.2) is 51.4 Å². The van der Waals surface area contributed by atoms with Gasteiger partial charge in [-0.15, -0.1) is 0 Å². The van der Waals surface area contributed by atoms with Crippen molar-refractivity contribution in [3.63, 3.8) is 0 Å². The van der Waals surface area contributed by atoms with Crippen molar-refractivity contribution >= 4 is 31.9 Å². The molecule has 0 saturated heterocycles. The van der Waals surface area contributed by atoms with E-state index in [0.717, 1.165) is 20.3 Å².